The third kappa shape index (κ3) is 2.22. The number of hydrogen-bond acceptors (Lipinski definition) is 0. The molecule has 19 heavy (non-hydrogen) atoms. The lowest BCUT2D eigenvalue weighted by atomic mass is 9.82. The Morgan fingerprint density at radius 3 is 2.00 bits per heavy atom. The maximum absolute atomic E-state index is 12.5. The minimum atomic E-state index is -4.30. The molecule has 0 aromatic heterocycles. The molecule has 1 aromatic rings. The van der Waals surface area contributed by atoms with E-state index in [0.29, 0.717) is 0 Å². The summed E-state index contributed by atoms with van der Waals surface area (Å²) in [7, 11) is 0. The molecule has 102 valence electrons. The Kier molecular flexibility index (Phi) is 2.93. The van der Waals surface area contributed by atoms with Gasteiger partial charge in [-0.05, 0) is 17.7 Å². The van der Waals surface area contributed by atoms with Crippen molar-refractivity contribution in [1.29, 1.82) is 0 Å². The first-order valence-corrected chi connectivity index (χ1v) is 6.17. The average Bonchev–Trinajstić information content (AvgIpc) is 3.03. The van der Waals surface area contributed by atoms with E-state index in [9.17, 15) is 13.2 Å². The molecule has 1 nitrogen and oxygen atoms in total. The summed E-state index contributed by atoms with van der Waals surface area (Å²) in [5.74, 6) is 0.0484. The second-order valence-electron chi connectivity index (χ2n) is 6.16. The Labute approximate surface area is 111 Å². The van der Waals surface area contributed by atoms with Gasteiger partial charge in [0.05, 0.1) is 11.5 Å². The Morgan fingerprint density at radius 1 is 1.16 bits per heavy atom. The summed E-state index contributed by atoms with van der Waals surface area (Å²) in [5, 5.41) is 0. The van der Waals surface area contributed by atoms with Gasteiger partial charge in [0, 0.05) is 11.8 Å². The van der Waals surface area contributed by atoms with Gasteiger partial charge in [-0.2, -0.15) is 13.2 Å². The quantitative estimate of drug-likeness (QED) is 0.638. The second kappa shape index (κ2) is 4.00. The molecule has 1 fully saturated rings. The highest BCUT2D eigenvalue weighted by molar-refractivity contribution is 5.40. The Bertz CT molecular complexity index is 516. The second-order valence-corrected chi connectivity index (χ2v) is 6.16. The molecule has 0 radical (unpaired) electrons. The number of rotatable bonds is 1. The van der Waals surface area contributed by atoms with Crippen molar-refractivity contribution in [3.05, 3.63) is 46.8 Å². The first kappa shape index (κ1) is 13.9. The van der Waals surface area contributed by atoms with E-state index in [2.05, 4.69) is 4.85 Å². The van der Waals surface area contributed by atoms with Crippen molar-refractivity contribution in [2.45, 2.75) is 44.8 Å². The average molecular weight is 267 g/mol. The number of nitrogens with zero attached hydrogens (tertiary/aromatic N) is 1. The largest absolute Gasteiger partial charge is 0.416 e. The molecule has 0 bridgehead atoms. The van der Waals surface area contributed by atoms with Crippen LogP contribution in [0, 0.1) is 12.0 Å². The van der Waals surface area contributed by atoms with Crippen LogP contribution in [0.2, 0.25) is 0 Å². The Hall–Kier alpha value is -1.50. The zero-order valence-electron chi connectivity index (χ0n) is 11.2. The van der Waals surface area contributed by atoms with E-state index in [-0.39, 0.29) is 11.3 Å². The van der Waals surface area contributed by atoms with E-state index in [1.165, 1.54) is 12.1 Å². The van der Waals surface area contributed by atoms with Crippen molar-refractivity contribution in [2.24, 2.45) is 5.41 Å². The minimum Gasteiger partial charge on any atom is -0.309 e. The van der Waals surface area contributed by atoms with Crippen LogP contribution in [0.5, 0.6) is 0 Å². The molecular weight excluding hydrogens is 251 g/mol. The van der Waals surface area contributed by atoms with Crippen molar-refractivity contribution >= 4 is 0 Å². The highest BCUT2D eigenvalue weighted by atomic mass is 19.4. The molecule has 0 aliphatic heterocycles. The van der Waals surface area contributed by atoms with Gasteiger partial charge in [-0.1, -0.05) is 32.9 Å². The van der Waals surface area contributed by atoms with Gasteiger partial charge in [0.25, 0.3) is 0 Å². The van der Waals surface area contributed by atoms with Crippen LogP contribution in [0.4, 0.5) is 13.2 Å². The van der Waals surface area contributed by atoms with Crippen molar-refractivity contribution in [3.63, 3.8) is 0 Å². The van der Waals surface area contributed by atoms with Gasteiger partial charge < -0.3 is 4.85 Å². The van der Waals surface area contributed by atoms with Gasteiger partial charge in [0.1, 0.15) is 0 Å². The maximum atomic E-state index is 12.5. The SMILES string of the molecule is [C-]#[N+][C@@]1(C(C)(C)C)C[C@H]1c1ccc(C(F)(F)F)cc1. The minimum absolute atomic E-state index is 0.0484. The lowest BCUT2D eigenvalue weighted by molar-refractivity contribution is -0.137. The summed E-state index contributed by atoms with van der Waals surface area (Å²) >= 11 is 0. The number of halogens is 3. The molecular formula is C15H16F3N. The molecule has 1 aliphatic rings. The summed E-state index contributed by atoms with van der Waals surface area (Å²) in [5.41, 5.74) is -0.436. The van der Waals surface area contributed by atoms with Gasteiger partial charge in [0.2, 0.25) is 5.54 Å². The molecule has 0 heterocycles. The standard InChI is InChI=1S/C15H16F3N/c1-13(2,3)14(19-4)9-12(14)10-5-7-11(8-6-10)15(16,17)18/h5-8,12H,9H2,1-3H3/t12-,14-/m0/s1. The molecule has 4 heteroatoms. The number of alkyl halides is 3. The summed E-state index contributed by atoms with van der Waals surface area (Å²) in [4.78, 5) is 3.76. The number of benzene rings is 1. The topological polar surface area (TPSA) is 4.36 Å². The normalized spacial score (nSPS) is 26.9. The Morgan fingerprint density at radius 2 is 1.68 bits per heavy atom. The first-order chi connectivity index (χ1) is 8.62. The van der Waals surface area contributed by atoms with Crippen molar-refractivity contribution in [3.8, 4) is 0 Å². The molecule has 1 aromatic carbocycles. The molecule has 0 N–H and O–H groups in total. The van der Waals surface area contributed by atoms with Gasteiger partial charge in [-0.15, -0.1) is 0 Å². The number of hydrogen-bond donors (Lipinski definition) is 0. The zero-order chi connectivity index (χ0) is 14.5. The molecule has 0 spiro atoms. The van der Waals surface area contributed by atoms with Crippen LogP contribution in [-0.2, 0) is 6.18 Å². The highest BCUT2D eigenvalue weighted by Gasteiger charge is 2.69. The van der Waals surface area contributed by atoms with Crippen LogP contribution < -0.4 is 0 Å². The van der Waals surface area contributed by atoms with E-state index < -0.39 is 17.3 Å². The lowest BCUT2D eigenvalue weighted by Gasteiger charge is -2.21. The predicted molar refractivity (Wildman–Crippen MR) is 67.6 cm³/mol. The monoisotopic (exact) mass is 267 g/mol. The van der Waals surface area contributed by atoms with Gasteiger partial charge in [-0.3, -0.25) is 0 Å². The van der Waals surface area contributed by atoms with Gasteiger partial charge in [-0.25, -0.2) is 6.57 Å². The van der Waals surface area contributed by atoms with Gasteiger partial charge >= 0.3 is 6.18 Å². The molecule has 2 rings (SSSR count). The summed E-state index contributed by atoms with van der Waals surface area (Å²) in [6.45, 7) is 13.4. The van der Waals surface area contributed by atoms with Crippen LogP contribution in [-0.4, -0.2) is 5.54 Å². The van der Waals surface area contributed by atoms with Crippen LogP contribution in [0.3, 0.4) is 0 Å². The van der Waals surface area contributed by atoms with E-state index in [1.54, 1.807) is 0 Å². The van der Waals surface area contributed by atoms with Gasteiger partial charge in [0.15, 0.2) is 0 Å². The van der Waals surface area contributed by atoms with Crippen molar-refractivity contribution in [2.75, 3.05) is 0 Å². The molecule has 1 aliphatic carbocycles. The highest BCUT2D eigenvalue weighted by Crippen LogP contribution is 2.63. The third-order valence-corrected chi connectivity index (χ3v) is 4.07. The predicted octanol–water partition coefficient (Wildman–Crippen LogP) is 4.90. The fourth-order valence-corrected chi connectivity index (χ4v) is 2.67. The third-order valence-electron chi connectivity index (χ3n) is 4.07. The molecule has 0 saturated heterocycles. The van der Waals surface area contributed by atoms with E-state index >= 15 is 0 Å². The molecule has 0 amide bonds. The van der Waals surface area contributed by atoms with Crippen LogP contribution in [0.25, 0.3) is 4.85 Å². The van der Waals surface area contributed by atoms with Crippen LogP contribution in [0.15, 0.2) is 24.3 Å². The summed E-state index contributed by atoms with van der Waals surface area (Å²) in [6, 6.07) is 5.22. The first-order valence-electron chi connectivity index (χ1n) is 6.17. The van der Waals surface area contributed by atoms with E-state index in [1.807, 2.05) is 20.8 Å². The van der Waals surface area contributed by atoms with Crippen LogP contribution >= 0.6 is 0 Å². The fourth-order valence-electron chi connectivity index (χ4n) is 2.67. The molecule has 0 unspecified atom stereocenters. The van der Waals surface area contributed by atoms with E-state index in [4.69, 9.17) is 6.57 Å². The van der Waals surface area contributed by atoms with E-state index in [0.717, 1.165) is 24.1 Å². The summed E-state index contributed by atoms with van der Waals surface area (Å²) in [6.07, 6.45) is -3.58. The maximum Gasteiger partial charge on any atom is 0.416 e. The van der Waals surface area contributed by atoms with Crippen LogP contribution in [0.1, 0.15) is 44.2 Å². The smallest absolute Gasteiger partial charge is 0.309 e. The zero-order valence-corrected chi connectivity index (χ0v) is 11.2. The fraction of sp³-hybridized carbons (Fsp3) is 0.533. The Balaban J connectivity index is 2.26. The lowest BCUT2D eigenvalue weighted by Crippen LogP contribution is -2.26. The summed E-state index contributed by atoms with van der Waals surface area (Å²) < 4.78 is 37.5. The molecule has 1 saturated carbocycles. The van der Waals surface area contributed by atoms with Crippen molar-refractivity contribution < 1.29 is 13.2 Å². The van der Waals surface area contributed by atoms with Crippen molar-refractivity contribution in [1.82, 2.24) is 0 Å². The molecule has 2 atom stereocenters.